The van der Waals surface area contributed by atoms with Gasteiger partial charge in [-0.05, 0) is 26.0 Å². The van der Waals surface area contributed by atoms with E-state index < -0.39 is 15.1 Å². The third kappa shape index (κ3) is 4.03. The Kier molecular flexibility index (Phi) is 4.72. The van der Waals surface area contributed by atoms with Crippen molar-refractivity contribution in [3.63, 3.8) is 0 Å². The maximum atomic E-state index is 11.6. The summed E-state index contributed by atoms with van der Waals surface area (Å²) in [6, 6.07) is 6.72. The molecule has 0 aliphatic heterocycles. The number of nitrogen functional groups attached to an aromatic ring is 1. The molecule has 0 spiro atoms. The van der Waals surface area contributed by atoms with E-state index in [1.54, 1.807) is 38.1 Å². The molecule has 0 unspecified atom stereocenters. The molecule has 0 aliphatic carbocycles. The maximum absolute atomic E-state index is 11.6. The van der Waals surface area contributed by atoms with Crippen molar-refractivity contribution >= 4 is 15.7 Å². The summed E-state index contributed by atoms with van der Waals surface area (Å²) in [4.78, 5) is 0. The Morgan fingerprint density at radius 3 is 2.67 bits per heavy atom. The maximum Gasteiger partial charge on any atom is 0.155 e. The van der Waals surface area contributed by atoms with Crippen molar-refractivity contribution in [3.8, 4) is 5.75 Å². The molecular weight excluding hydrogens is 252 g/mol. The predicted molar refractivity (Wildman–Crippen MR) is 71.9 cm³/mol. The van der Waals surface area contributed by atoms with Gasteiger partial charge >= 0.3 is 0 Å². The lowest BCUT2D eigenvalue weighted by atomic mass is 10.2. The Labute approximate surface area is 107 Å². The fourth-order valence-corrected chi connectivity index (χ4v) is 2.05. The topological polar surface area (TPSA) is 93.2 Å². The molecule has 100 valence electrons. The second-order valence-electron chi connectivity index (χ2n) is 4.21. The quantitative estimate of drug-likeness (QED) is 0.599. The molecule has 0 aliphatic rings. The summed E-state index contributed by atoms with van der Waals surface area (Å²) >= 11 is 0. The monoisotopic (exact) mass is 270 g/mol. The van der Waals surface area contributed by atoms with E-state index in [1.807, 2.05) is 0 Å². The molecule has 1 aromatic carbocycles. The van der Waals surface area contributed by atoms with Gasteiger partial charge in [-0.3, -0.25) is 5.41 Å². The summed E-state index contributed by atoms with van der Waals surface area (Å²) in [6.07, 6.45) is 0. The van der Waals surface area contributed by atoms with Gasteiger partial charge in [0.25, 0.3) is 0 Å². The van der Waals surface area contributed by atoms with Crippen LogP contribution >= 0.6 is 0 Å². The minimum Gasteiger partial charge on any atom is -0.493 e. The standard InChI is InChI=1S/C12H18N2O3S/c1-9(2)18(15,16)7-6-17-11-5-3-4-10(8-11)12(13)14/h3-5,8-9H,6-7H2,1-2H3,(H3,13,14). The SMILES string of the molecule is CC(C)S(=O)(=O)CCOc1cccc(C(=N)N)c1. The van der Waals surface area contributed by atoms with Gasteiger partial charge in [-0.25, -0.2) is 8.42 Å². The van der Waals surface area contributed by atoms with E-state index in [1.165, 1.54) is 0 Å². The van der Waals surface area contributed by atoms with Crippen LogP contribution in [0.3, 0.4) is 0 Å². The van der Waals surface area contributed by atoms with E-state index in [4.69, 9.17) is 15.9 Å². The highest BCUT2D eigenvalue weighted by Gasteiger charge is 2.15. The predicted octanol–water partition coefficient (Wildman–Crippen LogP) is 1.17. The summed E-state index contributed by atoms with van der Waals surface area (Å²) in [5, 5.41) is 6.89. The zero-order chi connectivity index (χ0) is 13.8. The van der Waals surface area contributed by atoms with E-state index in [2.05, 4.69) is 0 Å². The fraction of sp³-hybridized carbons (Fsp3) is 0.417. The van der Waals surface area contributed by atoms with Crippen molar-refractivity contribution in [2.24, 2.45) is 5.73 Å². The highest BCUT2D eigenvalue weighted by molar-refractivity contribution is 7.91. The number of benzene rings is 1. The first-order chi connectivity index (χ1) is 8.33. The van der Waals surface area contributed by atoms with Gasteiger partial charge in [0.1, 0.15) is 18.2 Å². The highest BCUT2D eigenvalue weighted by atomic mass is 32.2. The Balaban J connectivity index is 2.60. The lowest BCUT2D eigenvalue weighted by molar-refractivity contribution is 0.340. The molecular formula is C12H18N2O3S. The molecule has 1 rings (SSSR count). The summed E-state index contributed by atoms with van der Waals surface area (Å²) < 4.78 is 28.5. The second-order valence-corrected chi connectivity index (χ2v) is 6.88. The van der Waals surface area contributed by atoms with Crippen LogP contribution in [0.4, 0.5) is 0 Å². The number of sulfone groups is 1. The van der Waals surface area contributed by atoms with Crippen LogP contribution in [0.25, 0.3) is 0 Å². The van der Waals surface area contributed by atoms with Gasteiger partial charge in [-0.2, -0.15) is 0 Å². The number of rotatable bonds is 6. The van der Waals surface area contributed by atoms with Gasteiger partial charge in [0.05, 0.1) is 11.0 Å². The molecule has 18 heavy (non-hydrogen) atoms. The van der Waals surface area contributed by atoms with E-state index in [0.717, 1.165) is 0 Å². The first-order valence-corrected chi connectivity index (χ1v) is 7.33. The van der Waals surface area contributed by atoms with E-state index >= 15 is 0 Å². The van der Waals surface area contributed by atoms with E-state index in [9.17, 15) is 8.42 Å². The first kappa shape index (κ1) is 14.5. The van der Waals surface area contributed by atoms with Gasteiger partial charge < -0.3 is 10.5 Å². The minimum atomic E-state index is -3.09. The number of ether oxygens (including phenoxy) is 1. The van der Waals surface area contributed by atoms with Gasteiger partial charge in [0.15, 0.2) is 9.84 Å². The van der Waals surface area contributed by atoms with Crippen LogP contribution in [0.1, 0.15) is 19.4 Å². The average Bonchev–Trinajstić information content (AvgIpc) is 2.29. The minimum absolute atomic E-state index is 0.0189. The lowest BCUT2D eigenvalue weighted by Gasteiger charge is -2.10. The number of hydrogen-bond acceptors (Lipinski definition) is 4. The van der Waals surface area contributed by atoms with Crippen LogP contribution in [0.15, 0.2) is 24.3 Å². The molecule has 0 aromatic heterocycles. The largest absolute Gasteiger partial charge is 0.493 e. The molecule has 0 fully saturated rings. The zero-order valence-corrected chi connectivity index (χ0v) is 11.3. The first-order valence-electron chi connectivity index (χ1n) is 5.62. The third-order valence-corrected chi connectivity index (χ3v) is 4.67. The zero-order valence-electron chi connectivity index (χ0n) is 10.5. The smallest absolute Gasteiger partial charge is 0.155 e. The van der Waals surface area contributed by atoms with Crippen LogP contribution < -0.4 is 10.5 Å². The molecule has 0 radical (unpaired) electrons. The van der Waals surface area contributed by atoms with Crippen molar-refractivity contribution in [3.05, 3.63) is 29.8 Å². The van der Waals surface area contributed by atoms with Crippen molar-refractivity contribution in [1.82, 2.24) is 0 Å². The van der Waals surface area contributed by atoms with Gasteiger partial charge in [-0.15, -0.1) is 0 Å². The molecule has 0 saturated carbocycles. The van der Waals surface area contributed by atoms with Crippen molar-refractivity contribution in [1.29, 1.82) is 5.41 Å². The average molecular weight is 270 g/mol. The van der Waals surface area contributed by atoms with E-state index in [0.29, 0.717) is 11.3 Å². The molecule has 0 amide bonds. The summed E-state index contributed by atoms with van der Waals surface area (Å²) in [7, 11) is -3.09. The number of nitrogens with one attached hydrogen (secondary N) is 1. The Morgan fingerprint density at radius 2 is 2.11 bits per heavy atom. The van der Waals surface area contributed by atoms with Crippen LogP contribution in [0.2, 0.25) is 0 Å². The number of hydrogen-bond donors (Lipinski definition) is 2. The third-order valence-electron chi connectivity index (χ3n) is 2.50. The van der Waals surface area contributed by atoms with Crippen molar-refractivity contribution < 1.29 is 13.2 Å². The number of nitrogens with two attached hydrogens (primary N) is 1. The molecule has 0 saturated heterocycles. The normalized spacial score (nSPS) is 11.5. The molecule has 0 atom stereocenters. The molecule has 6 heteroatoms. The Bertz CT molecular complexity index is 524. The second kappa shape index (κ2) is 5.86. The molecule has 1 aromatic rings. The van der Waals surface area contributed by atoms with Crippen LogP contribution in [-0.2, 0) is 9.84 Å². The molecule has 0 bridgehead atoms. The van der Waals surface area contributed by atoms with Crippen LogP contribution in [0, 0.1) is 5.41 Å². The van der Waals surface area contributed by atoms with Crippen LogP contribution in [0.5, 0.6) is 5.75 Å². The highest BCUT2D eigenvalue weighted by Crippen LogP contribution is 2.13. The Hall–Kier alpha value is -1.56. The number of amidine groups is 1. The van der Waals surface area contributed by atoms with Crippen molar-refractivity contribution in [2.75, 3.05) is 12.4 Å². The van der Waals surface area contributed by atoms with Gasteiger partial charge in [0, 0.05) is 5.56 Å². The lowest BCUT2D eigenvalue weighted by Crippen LogP contribution is -2.22. The van der Waals surface area contributed by atoms with E-state index in [-0.39, 0.29) is 18.2 Å². The van der Waals surface area contributed by atoms with Gasteiger partial charge in [0.2, 0.25) is 0 Å². The molecule has 0 heterocycles. The Morgan fingerprint density at radius 1 is 1.44 bits per heavy atom. The van der Waals surface area contributed by atoms with Gasteiger partial charge in [-0.1, -0.05) is 12.1 Å². The summed E-state index contributed by atoms with van der Waals surface area (Å²) in [5.74, 6) is 0.450. The molecule has 3 N–H and O–H groups in total. The van der Waals surface area contributed by atoms with Crippen LogP contribution in [-0.4, -0.2) is 31.9 Å². The summed E-state index contributed by atoms with van der Waals surface area (Å²) in [6.45, 7) is 3.39. The molecule has 5 nitrogen and oxygen atoms in total. The van der Waals surface area contributed by atoms with Crippen molar-refractivity contribution in [2.45, 2.75) is 19.1 Å². The fourth-order valence-electron chi connectivity index (χ4n) is 1.26. The summed E-state index contributed by atoms with van der Waals surface area (Å²) in [5.41, 5.74) is 5.91.